The Hall–Kier alpha value is -1.04. The normalized spacial score (nSPS) is 30.1. The van der Waals surface area contributed by atoms with Crippen molar-refractivity contribution in [3.63, 3.8) is 0 Å². The number of rotatable bonds is 1. The van der Waals surface area contributed by atoms with Crippen molar-refractivity contribution >= 4 is 0 Å². The van der Waals surface area contributed by atoms with E-state index in [0.717, 1.165) is 0 Å². The fourth-order valence-electron chi connectivity index (χ4n) is 2.54. The zero-order chi connectivity index (χ0) is 15.0. The van der Waals surface area contributed by atoms with E-state index in [9.17, 15) is 0 Å². The van der Waals surface area contributed by atoms with E-state index >= 15 is 0 Å². The molecule has 0 saturated heterocycles. The molecular weight excluding hydrogens is 240 g/mol. The largest absolute Gasteiger partial charge is 0.0853 e. The third-order valence-electron chi connectivity index (χ3n) is 4.19. The fourth-order valence-corrected chi connectivity index (χ4v) is 2.54. The minimum Gasteiger partial charge on any atom is -0.0853 e. The maximum atomic E-state index is 2.43. The van der Waals surface area contributed by atoms with E-state index in [4.69, 9.17) is 0 Å². The molecule has 0 radical (unpaired) electrons. The molecule has 0 aromatic heterocycles. The summed E-state index contributed by atoms with van der Waals surface area (Å²) in [6, 6.07) is 0. The van der Waals surface area contributed by atoms with Crippen LogP contribution in [-0.4, -0.2) is 0 Å². The molecule has 0 amide bonds. The summed E-state index contributed by atoms with van der Waals surface area (Å²) in [4.78, 5) is 0. The van der Waals surface area contributed by atoms with Gasteiger partial charge in [-0.3, -0.25) is 0 Å². The van der Waals surface area contributed by atoms with E-state index in [-0.39, 0.29) is 0 Å². The third kappa shape index (κ3) is 6.93. The summed E-state index contributed by atoms with van der Waals surface area (Å²) in [5, 5.41) is 0. The molecule has 0 heterocycles. The van der Waals surface area contributed by atoms with Crippen molar-refractivity contribution in [2.75, 3.05) is 0 Å². The molecule has 1 aliphatic carbocycles. The maximum Gasteiger partial charge on any atom is -0.0257 e. The van der Waals surface area contributed by atoms with E-state index in [1.807, 2.05) is 0 Å². The molecule has 0 N–H and O–H groups in total. The highest BCUT2D eigenvalue weighted by Gasteiger charge is 2.03. The molecule has 0 aromatic rings. The first-order chi connectivity index (χ1) is 9.49. The molecule has 1 aliphatic rings. The zero-order valence-corrected chi connectivity index (χ0v) is 14.1. The monoisotopic (exact) mass is 272 g/mol. The summed E-state index contributed by atoms with van der Waals surface area (Å²) < 4.78 is 0. The minimum atomic E-state index is 0.655. The summed E-state index contributed by atoms with van der Waals surface area (Å²) >= 11 is 0. The predicted octanol–water partition coefficient (Wildman–Crippen LogP) is 6.76. The topological polar surface area (TPSA) is 0 Å². The van der Waals surface area contributed by atoms with E-state index in [0.29, 0.717) is 5.92 Å². The van der Waals surface area contributed by atoms with Crippen molar-refractivity contribution in [2.45, 2.75) is 73.1 Å². The molecule has 0 heteroatoms. The van der Waals surface area contributed by atoms with Crippen molar-refractivity contribution in [1.82, 2.24) is 0 Å². The van der Waals surface area contributed by atoms with Crippen LogP contribution in [0.4, 0.5) is 0 Å². The van der Waals surface area contributed by atoms with Crippen LogP contribution in [0.1, 0.15) is 73.1 Å². The molecular formula is C20H32. The van der Waals surface area contributed by atoms with Crippen LogP contribution in [0.15, 0.2) is 46.6 Å². The van der Waals surface area contributed by atoms with Crippen LogP contribution in [0, 0.1) is 5.92 Å². The molecule has 0 aromatic carbocycles. The van der Waals surface area contributed by atoms with Gasteiger partial charge in [-0.05, 0) is 65.2 Å². The van der Waals surface area contributed by atoms with Crippen LogP contribution in [0.25, 0.3) is 0 Å². The van der Waals surface area contributed by atoms with Gasteiger partial charge >= 0.3 is 0 Å². The van der Waals surface area contributed by atoms with E-state index in [1.165, 1.54) is 49.7 Å². The highest BCUT2D eigenvalue weighted by molar-refractivity contribution is 5.20. The van der Waals surface area contributed by atoms with E-state index in [2.05, 4.69) is 58.9 Å². The Labute approximate surface area is 126 Å². The van der Waals surface area contributed by atoms with Gasteiger partial charge < -0.3 is 0 Å². The van der Waals surface area contributed by atoms with Gasteiger partial charge in [0.05, 0.1) is 0 Å². The molecule has 0 atom stereocenters. The fraction of sp³-hybridized carbons (Fsp3) is 0.600. The first kappa shape index (κ1) is 17.0. The summed E-state index contributed by atoms with van der Waals surface area (Å²) in [6.45, 7) is 11.4. The lowest BCUT2D eigenvalue weighted by molar-refractivity contribution is 0.706. The van der Waals surface area contributed by atoms with Crippen LogP contribution in [-0.2, 0) is 0 Å². The quantitative estimate of drug-likeness (QED) is 0.462. The van der Waals surface area contributed by atoms with E-state index < -0.39 is 0 Å². The van der Waals surface area contributed by atoms with Crippen LogP contribution >= 0.6 is 0 Å². The lowest BCUT2D eigenvalue weighted by Gasteiger charge is -2.12. The van der Waals surface area contributed by atoms with Crippen molar-refractivity contribution in [3.05, 3.63) is 46.6 Å². The predicted molar refractivity (Wildman–Crippen MR) is 91.9 cm³/mol. The molecule has 0 fully saturated rings. The highest BCUT2D eigenvalue weighted by atomic mass is 14.1. The number of hydrogen-bond acceptors (Lipinski definition) is 0. The highest BCUT2D eigenvalue weighted by Crippen LogP contribution is 2.21. The standard InChI is InChI=1S/C20H32/c1-16(2)20-14-12-18(4)10-6-8-17(3)9-7-11-19(5)13-15-20/h8,11-12,14,16H,6-7,9-10,13,15H2,1-5H3/b17-8-,18-12-,19-11-,20-14-. The van der Waals surface area contributed by atoms with Gasteiger partial charge in [0.1, 0.15) is 0 Å². The van der Waals surface area contributed by atoms with E-state index in [1.54, 1.807) is 11.1 Å². The van der Waals surface area contributed by atoms with Crippen LogP contribution in [0.5, 0.6) is 0 Å². The van der Waals surface area contributed by atoms with Crippen molar-refractivity contribution in [1.29, 1.82) is 0 Å². The second kappa shape index (κ2) is 9.00. The van der Waals surface area contributed by atoms with Gasteiger partial charge in [-0.1, -0.05) is 60.4 Å². The van der Waals surface area contributed by atoms with Crippen molar-refractivity contribution < 1.29 is 0 Å². The van der Waals surface area contributed by atoms with Crippen molar-refractivity contribution in [2.24, 2.45) is 5.92 Å². The Balaban J connectivity index is 2.87. The molecule has 112 valence electrons. The Morgan fingerprint density at radius 2 is 1.25 bits per heavy atom. The maximum absolute atomic E-state index is 2.43. The first-order valence-electron chi connectivity index (χ1n) is 8.16. The minimum absolute atomic E-state index is 0.655. The Morgan fingerprint density at radius 3 is 1.85 bits per heavy atom. The average Bonchev–Trinajstić information content (AvgIpc) is 2.37. The molecule has 0 nitrogen and oxygen atoms in total. The summed E-state index contributed by atoms with van der Waals surface area (Å²) in [5.74, 6) is 0.655. The molecule has 0 saturated carbocycles. The molecule has 1 rings (SSSR count). The Bertz CT molecular complexity index is 413. The van der Waals surface area contributed by atoms with Crippen LogP contribution in [0.2, 0.25) is 0 Å². The number of hydrogen-bond donors (Lipinski definition) is 0. The first-order valence-corrected chi connectivity index (χ1v) is 8.16. The molecule has 20 heavy (non-hydrogen) atoms. The zero-order valence-electron chi connectivity index (χ0n) is 14.1. The van der Waals surface area contributed by atoms with Crippen molar-refractivity contribution in [3.8, 4) is 0 Å². The Kier molecular flexibility index (Phi) is 7.65. The molecule has 0 aliphatic heterocycles. The van der Waals surface area contributed by atoms with Gasteiger partial charge in [0.2, 0.25) is 0 Å². The van der Waals surface area contributed by atoms with Gasteiger partial charge in [-0.15, -0.1) is 0 Å². The summed E-state index contributed by atoms with van der Waals surface area (Å²) in [7, 11) is 0. The molecule has 0 spiro atoms. The SMILES string of the molecule is C/C1=C/C=C(\C(C)C)CC/C(C)=C\CC/C(C)=C\CC1. The molecule has 0 bridgehead atoms. The smallest absolute Gasteiger partial charge is 0.0257 e. The Morgan fingerprint density at radius 1 is 0.700 bits per heavy atom. The lowest BCUT2D eigenvalue weighted by Crippen LogP contribution is -1.95. The van der Waals surface area contributed by atoms with Gasteiger partial charge in [0.15, 0.2) is 0 Å². The van der Waals surface area contributed by atoms with Gasteiger partial charge in [-0.2, -0.15) is 0 Å². The van der Waals surface area contributed by atoms with Gasteiger partial charge in [0.25, 0.3) is 0 Å². The van der Waals surface area contributed by atoms with Crippen LogP contribution < -0.4 is 0 Å². The second-order valence-electron chi connectivity index (χ2n) is 6.59. The average molecular weight is 272 g/mol. The second-order valence-corrected chi connectivity index (χ2v) is 6.59. The summed E-state index contributed by atoms with van der Waals surface area (Å²) in [6.07, 6.45) is 16.8. The summed E-state index contributed by atoms with van der Waals surface area (Å²) in [5.41, 5.74) is 6.16. The van der Waals surface area contributed by atoms with Gasteiger partial charge in [-0.25, -0.2) is 0 Å². The molecule has 0 unspecified atom stereocenters. The lowest BCUT2D eigenvalue weighted by atomic mass is 9.94. The number of allylic oxidation sites excluding steroid dienone is 8. The van der Waals surface area contributed by atoms with Crippen LogP contribution in [0.3, 0.4) is 0 Å². The van der Waals surface area contributed by atoms with Gasteiger partial charge in [0, 0.05) is 0 Å². The third-order valence-corrected chi connectivity index (χ3v) is 4.19.